The molecule has 1 unspecified atom stereocenters. The van der Waals surface area contributed by atoms with E-state index in [9.17, 15) is 24.7 Å². The maximum Gasteiger partial charge on any atom is 0.335 e. The Morgan fingerprint density at radius 3 is 2.69 bits per heavy atom. The summed E-state index contributed by atoms with van der Waals surface area (Å²) < 4.78 is 5.41. The van der Waals surface area contributed by atoms with Gasteiger partial charge >= 0.3 is 5.97 Å². The average molecular weight is 501 g/mol. The van der Waals surface area contributed by atoms with Crippen molar-refractivity contribution in [3.63, 3.8) is 0 Å². The summed E-state index contributed by atoms with van der Waals surface area (Å²) in [5.41, 5.74) is 1.98. The number of ether oxygens (including phenoxy) is 1. The van der Waals surface area contributed by atoms with Crippen LogP contribution in [0.3, 0.4) is 0 Å². The highest BCUT2D eigenvalue weighted by Gasteiger charge is 2.34. The molecule has 2 aromatic rings. The van der Waals surface area contributed by atoms with Crippen LogP contribution in [0.1, 0.15) is 60.0 Å². The molecule has 0 bridgehead atoms. The maximum absolute atomic E-state index is 13.5. The molecule has 186 valence electrons. The molecule has 2 aromatic carbocycles. The number of nitrogens with zero attached hydrogens (tertiary/aromatic N) is 2. The van der Waals surface area contributed by atoms with Gasteiger partial charge in [-0.3, -0.25) is 14.5 Å². The summed E-state index contributed by atoms with van der Waals surface area (Å²) >= 11 is 6.15. The number of oxime groups is 1. The monoisotopic (exact) mass is 500 g/mol. The predicted octanol–water partition coefficient (Wildman–Crippen LogP) is 4.77. The fourth-order valence-corrected chi connectivity index (χ4v) is 4.62. The second kappa shape index (κ2) is 11.8. The van der Waals surface area contributed by atoms with E-state index in [1.54, 1.807) is 36.4 Å². The van der Waals surface area contributed by atoms with Crippen LogP contribution in [0.25, 0.3) is 0 Å². The highest BCUT2D eigenvalue weighted by Crippen LogP contribution is 2.30. The van der Waals surface area contributed by atoms with Crippen LogP contribution in [-0.2, 0) is 16.0 Å². The first-order valence-corrected chi connectivity index (χ1v) is 11.8. The third kappa shape index (κ3) is 6.39. The lowest BCUT2D eigenvalue weighted by atomic mass is 9.91. The second-order valence-corrected chi connectivity index (χ2v) is 9.06. The van der Waals surface area contributed by atoms with E-state index < -0.39 is 17.8 Å². The van der Waals surface area contributed by atoms with Crippen molar-refractivity contribution < 1.29 is 29.4 Å². The standard InChI is InChI=1S/C26H29ClN2O6/c1-3-16(17-5-4-6-19(11-17)26(32)33)14-24(30)29-15-22(28-34)9-7-18(25(29)31)12-20-13-21(27)8-10-23(20)35-2/h4-6,8,10-11,13,16,18,34H,3,7,9,12,14-15H2,1-2H3,(H,32,33)/b28-22+/t16-,18?/m0/s1. The third-order valence-electron chi connectivity index (χ3n) is 6.41. The Balaban J connectivity index is 1.85. The lowest BCUT2D eigenvalue weighted by molar-refractivity contribution is -0.146. The minimum absolute atomic E-state index is 0.0250. The van der Waals surface area contributed by atoms with Gasteiger partial charge in [0.25, 0.3) is 0 Å². The summed E-state index contributed by atoms with van der Waals surface area (Å²) in [7, 11) is 1.54. The molecule has 1 fully saturated rings. The molecule has 35 heavy (non-hydrogen) atoms. The van der Waals surface area contributed by atoms with Crippen molar-refractivity contribution in [1.82, 2.24) is 4.90 Å². The van der Waals surface area contributed by atoms with Crippen LogP contribution in [0.4, 0.5) is 0 Å². The number of halogens is 1. The van der Waals surface area contributed by atoms with Crippen molar-refractivity contribution in [2.45, 2.75) is 44.9 Å². The van der Waals surface area contributed by atoms with E-state index in [4.69, 9.17) is 16.3 Å². The Kier molecular flexibility index (Phi) is 8.87. The lowest BCUT2D eigenvalue weighted by Gasteiger charge is -2.25. The Labute approximate surface area is 209 Å². The molecule has 3 rings (SSSR count). The molecule has 2 N–H and O–H groups in total. The molecular formula is C26H29ClN2O6. The average Bonchev–Trinajstić information content (AvgIpc) is 3.01. The summed E-state index contributed by atoms with van der Waals surface area (Å²) in [6.07, 6.45) is 1.72. The number of carboxylic acids is 1. The molecule has 1 heterocycles. The number of carboxylic acid groups (broad SMARTS) is 1. The van der Waals surface area contributed by atoms with Crippen molar-refractivity contribution in [1.29, 1.82) is 0 Å². The molecule has 1 aliphatic heterocycles. The quantitative estimate of drug-likeness (QED) is 0.398. The number of amides is 2. The van der Waals surface area contributed by atoms with Gasteiger partial charge in [0, 0.05) is 17.4 Å². The number of hydrogen-bond acceptors (Lipinski definition) is 6. The number of likely N-dealkylation sites (tertiary alicyclic amines) is 1. The Bertz CT molecular complexity index is 1130. The number of carbonyl (C=O) groups excluding carboxylic acids is 2. The summed E-state index contributed by atoms with van der Waals surface area (Å²) in [6.45, 7) is 1.83. The summed E-state index contributed by atoms with van der Waals surface area (Å²) in [5.74, 6) is -1.97. The van der Waals surface area contributed by atoms with Crippen molar-refractivity contribution in [3.05, 3.63) is 64.2 Å². The zero-order chi connectivity index (χ0) is 25.5. The molecule has 0 saturated carbocycles. The van der Waals surface area contributed by atoms with E-state index in [-0.39, 0.29) is 30.4 Å². The molecule has 0 aliphatic carbocycles. The Morgan fingerprint density at radius 1 is 1.26 bits per heavy atom. The number of imide groups is 1. The van der Waals surface area contributed by atoms with Crippen molar-refractivity contribution in [2.75, 3.05) is 13.7 Å². The largest absolute Gasteiger partial charge is 0.496 e. The molecule has 8 nitrogen and oxygen atoms in total. The molecule has 0 radical (unpaired) electrons. The molecule has 0 aromatic heterocycles. The molecule has 1 aliphatic rings. The van der Waals surface area contributed by atoms with Crippen LogP contribution in [0, 0.1) is 5.92 Å². The second-order valence-electron chi connectivity index (χ2n) is 8.62. The van der Waals surface area contributed by atoms with Gasteiger partial charge in [-0.1, -0.05) is 35.8 Å². The fourth-order valence-electron chi connectivity index (χ4n) is 4.42. The van der Waals surface area contributed by atoms with E-state index in [2.05, 4.69) is 5.16 Å². The summed E-state index contributed by atoms with van der Waals surface area (Å²) in [4.78, 5) is 39.4. The third-order valence-corrected chi connectivity index (χ3v) is 6.64. The maximum atomic E-state index is 13.5. The van der Waals surface area contributed by atoms with Gasteiger partial charge in [0.2, 0.25) is 11.8 Å². The number of benzene rings is 2. The SMILES string of the molecule is CC[C@@H](CC(=O)N1C/C(=N/O)CCC(Cc2cc(Cl)ccc2OC)C1=O)c1cccc(C(=O)O)c1. The van der Waals surface area contributed by atoms with Gasteiger partial charge in [0.05, 0.1) is 24.9 Å². The lowest BCUT2D eigenvalue weighted by Crippen LogP contribution is -2.42. The highest BCUT2D eigenvalue weighted by atomic mass is 35.5. The topological polar surface area (TPSA) is 117 Å². The number of hydrogen-bond donors (Lipinski definition) is 2. The van der Waals surface area contributed by atoms with Crippen molar-refractivity contribution in [3.8, 4) is 5.75 Å². The smallest absolute Gasteiger partial charge is 0.335 e. The number of methoxy groups -OCH3 is 1. The van der Waals surface area contributed by atoms with Gasteiger partial charge in [0.1, 0.15) is 5.75 Å². The van der Waals surface area contributed by atoms with E-state index in [0.717, 1.165) is 16.0 Å². The fraction of sp³-hybridized carbons (Fsp3) is 0.385. The van der Waals surface area contributed by atoms with E-state index in [0.29, 0.717) is 42.2 Å². The normalized spacial score (nSPS) is 18.3. The van der Waals surface area contributed by atoms with Gasteiger partial charge in [-0.15, -0.1) is 0 Å². The zero-order valence-corrected chi connectivity index (χ0v) is 20.5. The van der Waals surface area contributed by atoms with Crippen LogP contribution >= 0.6 is 11.6 Å². The number of rotatable bonds is 8. The van der Waals surface area contributed by atoms with Gasteiger partial charge in [-0.25, -0.2) is 4.79 Å². The van der Waals surface area contributed by atoms with E-state index in [1.165, 1.54) is 13.2 Å². The Hall–Kier alpha value is -3.39. The van der Waals surface area contributed by atoms with Gasteiger partial charge in [0.15, 0.2) is 0 Å². The first kappa shape index (κ1) is 26.2. The first-order valence-electron chi connectivity index (χ1n) is 11.5. The molecule has 1 saturated heterocycles. The highest BCUT2D eigenvalue weighted by molar-refractivity contribution is 6.30. The summed E-state index contributed by atoms with van der Waals surface area (Å²) in [6, 6.07) is 11.7. The van der Waals surface area contributed by atoms with Crippen LogP contribution in [0.5, 0.6) is 5.75 Å². The zero-order valence-electron chi connectivity index (χ0n) is 19.7. The summed E-state index contributed by atoms with van der Waals surface area (Å²) in [5, 5.41) is 22.6. The first-order chi connectivity index (χ1) is 16.8. The van der Waals surface area contributed by atoms with Crippen molar-refractivity contribution in [2.24, 2.45) is 11.1 Å². The van der Waals surface area contributed by atoms with Crippen LogP contribution in [0.2, 0.25) is 5.02 Å². The number of aromatic carboxylic acids is 1. The molecule has 2 amide bonds. The molecular weight excluding hydrogens is 472 g/mol. The molecule has 2 atom stereocenters. The van der Waals surface area contributed by atoms with Crippen LogP contribution < -0.4 is 4.74 Å². The van der Waals surface area contributed by atoms with E-state index in [1.807, 2.05) is 6.92 Å². The van der Waals surface area contributed by atoms with E-state index >= 15 is 0 Å². The van der Waals surface area contributed by atoms with Crippen LogP contribution in [-0.4, -0.2) is 52.4 Å². The number of carbonyl (C=O) groups is 3. The van der Waals surface area contributed by atoms with Crippen LogP contribution in [0.15, 0.2) is 47.6 Å². The minimum atomic E-state index is -1.04. The minimum Gasteiger partial charge on any atom is -0.496 e. The van der Waals surface area contributed by atoms with Gasteiger partial charge in [-0.2, -0.15) is 0 Å². The van der Waals surface area contributed by atoms with Crippen molar-refractivity contribution >= 4 is 35.1 Å². The molecule has 0 spiro atoms. The van der Waals surface area contributed by atoms with Gasteiger partial charge < -0.3 is 15.1 Å². The van der Waals surface area contributed by atoms with Gasteiger partial charge in [-0.05, 0) is 73.1 Å². The predicted molar refractivity (Wildman–Crippen MR) is 131 cm³/mol. The molecule has 9 heteroatoms. The Morgan fingerprint density at radius 2 is 2.03 bits per heavy atom.